The first-order chi connectivity index (χ1) is 10.3. The molecule has 2 aliphatic heterocycles. The van der Waals surface area contributed by atoms with Crippen LogP contribution in [0, 0.1) is 5.92 Å². The van der Waals surface area contributed by atoms with E-state index in [1.807, 2.05) is 6.07 Å². The zero-order valence-electron chi connectivity index (χ0n) is 12.7. The molecular weight excluding hydrogens is 286 g/mol. The quantitative estimate of drug-likeness (QED) is 0.898. The van der Waals surface area contributed by atoms with Crippen LogP contribution in [0.25, 0.3) is 0 Å². The Morgan fingerprint density at radius 3 is 3.05 bits per heavy atom. The van der Waals surface area contributed by atoms with Crippen LogP contribution in [0.1, 0.15) is 43.4 Å². The van der Waals surface area contributed by atoms with Gasteiger partial charge in [0.1, 0.15) is 5.75 Å². The Morgan fingerprint density at radius 1 is 1.38 bits per heavy atom. The lowest BCUT2D eigenvalue weighted by Gasteiger charge is -2.32. The van der Waals surface area contributed by atoms with E-state index in [9.17, 15) is 0 Å². The van der Waals surface area contributed by atoms with E-state index < -0.39 is 0 Å². The van der Waals surface area contributed by atoms with E-state index >= 15 is 0 Å². The molecule has 3 rings (SSSR count). The van der Waals surface area contributed by atoms with Crippen LogP contribution in [0.3, 0.4) is 0 Å². The summed E-state index contributed by atoms with van der Waals surface area (Å²) in [6.45, 7) is 5.68. The summed E-state index contributed by atoms with van der Waals surface area (Å²) in [5.74, 6) is 1.55. The Balaban J connectivity index is 1.91. The molecule has 0 bridgehead atoms. The Morgan fingerprint density at radius 2 is 2.29 bits per heavy atom. The van der Waals surface area contributed by atoms with Gasteiger partial charge in [-0.15, -0.1) is 0 Å². The predicted octanol–water partition coefficient (Wildman–Crippen LogP) is 3.74. The molecule has 1 N–H and O–H groups in total. The fourth-order valence-electron chi connectivity index (χ4n) is 3.39. The van der Waals surface area contributed by atoms with Crippen molar-refractivity contribution in [2.75, 3.05) is 26.4 Å². The van der Waals surface area contributed by atoms with Gasteiger partial charge in [0.15, 0.2) is 0 Å². The lowest BCUT2D eigenvalue weighted by atomic mass is 9.87. The summed E-state index contributed by atoms with van der Waals surface area (Å²) < 4.78 is 11.6. The van der Waals surface area contributed by atoms with Gasteiger partial charge < -0.3 is 14.8 Å². The topological polar surface area (TPSA) is 30.5 Å². The highest BCUT2D eigenvalue weighted by atomic mass is 35.5. The highest BCUT2D eigenvalue weighted by molar-refractivity contribution is 6.30. The normalized spacial score (nSPS) is 22.7. The van der Waals surface area contributed by atoms with Crippen LogP contribution < -0.4 is 10.1 Å². The Hall–Kier alpha value is -0.770. The van der Waals surface area contributed by atoms with Gasteiger partial charge >= 0.3 is 0 Å². The number of benzene rings is 1. The van der Waals surface area contributed by atoms with E-state index in [0.717, 1.165) is 56.4 Å². The number of rotatable bonds is 5. The van der Waals surface area contributed by atoms with Gasteiger partial charge in [-0.1, -0.05) is 18.5 Å². The zero-order valence-corrected chi connectivity index (χ0v) is 13.4. The summed E-state index contributed by atoms with van der Waals surface area (Å²) in [4.78, 5) is 0. The van der Waals surface area contributed by atoms with Gasteiger partial charge in [-0.25, -0.2) is 0 Å². The molecule has 3 nitrogen and oxygen atoms in total. The molecule has 0 spiro atoms. The van der Waals surface area contributed by atoms with Crippen LogP contribution in [0.5, 0.6) is 5.75 Å². The van der Waals surface area contributed by atoms with Gasteiger partial charge in [-0.05, 0) is 43.5 Å². The molecule has 1 aromatic carbocycles. The van der Waals surface area contributed by atoms with Gasteiger partial charge in [0.25, 0.3) is 0 Å². The first kappa shape index (κ1) is 15.1. The third-order valence-electron chi connectivity index (χ3n) is 4.39. The highest BCUT2D eigenvalue weighted by Gasteiger charge is 2.30. The number of halogens is 1. The van der Waals surface area contributed by atoms with Gasteiger partial charge in [0.2, 0.25) is 0 Å². The van der Waals surface area contributed by atoms with Gasteiger partial charge in [-0.2, -0.15) is 0 Å². The Labute approximate surface area is 132 Å². The number of fused-ring (bicyclic) bond motifs is 1. The highest BCUT2D eigenvalue weighted by Crippen LogP contribution is 2.40. The van der Waals surface area contributed by atoms with Crippen molar-refractivity contribution in [1.82, 2.24) is 5.32 Å². The summed E-state index contributed by atoms with van der Waals surface area (Å²) in [5, 5.41) is 4.51. The molecule has 0 aromatic heterocycles. The fourth-order valence-corrected chi connectivity index (χ4v) is 3.64. The van der Waals surface area contributed by atoms with Crippen molar-refractivity contribution in [3.05, 3.63) is 28.3 Å². The maximum atomic E-state index is 6.33. The predicted molar refractivity (Wildman–Crippen MR) is 85.2 cm³/mol. The maximum absolute atomic E-state index is 6.33. The monoisotopic (exact) mass is 309 g/mol. The van der Waals surface area contributed by atoms with Crippen molar-refractivity contribution in [2.45, 2.75) is 38.6 Å². The first-order valence-corrected chi connectivity index (χ1v) is 8.43. The smallest absolute Gasteiger partial charge is 0.127 e. The second kappa shape index (κ2) is 6.99. The van der Waals surface area contributed by atoms with Crippen LogP contribution in [-0.4, -0.2) is 26.4 Å². The van der Waals surface area contributed by atoms with Crippen LogP contribution in [0.2, 0.25) is 5.02 Å². The maximum Gasteiger partial charge on any atom is 0.127 e. The third-order valence-corrected chi connectivity index (χ3v) is 4.61. The molecule has 2 atom stereocenters. The van der Waals surface area contributed by atoms with Crippen molar-refractivity contribution in [3.8, 4) is 5.75 Å². The SMILES string of the molecule is CCCNC(c1cc(Cl)cc2c1OCC2)C1CCCOC1. The Bertz CT molecular complexity index is 486. The summed E-state index contributed by atoms with van der Waals surface area (Å²) in [6.07, 6.45) is 4.42. The van der Waals surface area contributed by atoms with Crippen LogP contribution in [-0.2, 0) is 11.2 Å². The number of hydrogen-bond acceptors (Lipinski definition) is 3. The van der Waals surface area contributed by atoms with E-state index in [-0.39, 0.29) is 6.04 Å². The Kier molecular flexibility index (Phi) is 5.04. The van der Waals surface area contributed by atoms with E-state index in [0.29, 0.717) is 5.92 Å². The molecule has 116 valence electrons. The largest absolute Gasteiger partial charge is 0.493 e. The van der Waals surface area contributed by atoms with Crippen LogP contribution in [0.4, 0.5) is 0 Å². The van der Waals surface area contributed by atoms with Crippen molar-refractivity contribution >= 4 is 11.6 Å². The number of hydrogen-bond donors (Lipinski definition) is 1. The van der Waals surface area contributed by atoms with E-state index in [1.165, 1.54) is 17.5 Å². The van der Waals surface area contributed by atoms with Crippen LogP contribution >= 0.6 is 11.6 Å². The summed E-state index contributed by atoms with van der Waals surface area (Å²) >= 11 is 6.33. The van der Waals surface area contributed by atoms with Gasteiger partial charge in [0, 0.05) is 35.6 Å². The third kappa shape index (κ3) is 3.36. The number of ether oxygens (including phenoxy) is 2. The zero-order chi connectivity index (χ0) is 14.7. The summed E-state index contributed by atoms with van der Waals surface area (Å²) in [6, 6.07) is 4.39. The minimum Gasteiger partial charge on any atom is -0.493 e. The molecule has 0 amide bonds. The molecule has 4 heteroatoms. The lowest BCUT2D eigenvalue weighted by Crippen LogP contribution is -2.34. The van der Waals surface area contributed by atoms with Crippen molar-refractivity contribution < 1.29 is 9.47 Å². The van der Waals surface area contributed by atoms with E-state index in [2.05, 4.69) is 18.3 Å². The van der Waals surface area contributed by atoms with Gasteiger partial charge in [-0.3, -0.25) is 0 Å². The fraction of sp³-hybridized carbons (Fsp3) is 0.647. The minimum atomic E-state index is 0.274. The molecule has 0 radical (unpaired) electrons. The lowest BCUT2D eigenvalue weighted by molar-refractivity contribution is 0.0387. The molecule has 2 aliphatic rings. The molecular formula is C17H24ClNO2. The molecule has 1 aromatic rings. The average Bonchev–Trinajstić information content (AvgIpc) is 2.96. The standard InChI is InChI=1S/C17H24ClNO2/c1-2-6-19-16(13-4-3-7-20-11-13)15-10-14(18)9-12-5-8-21-17(12)15/h9-10,13,16,19H,2-8,11H2,1H3. The molecule has 0 aliphatic carbocycles. The van der Waals surface area contributed by atoms with Gasteiger partial charge in [0.05, 0.1) is 13.2 Å². The van der Waals surface area contributed by atoms with Crippen molar-refractivity contribution in [3.63, 3.8) is 0 Å². The molecule has 1 saturated heterocycles. The minimum absolute atomic E-state index is 0.274. The second-order valence-corrected chi connectivity index (χ2v) is 6.43. The van der Waals surface area contributed by atoms with Crippen molar-refractivity contribution in [1.29, 1.82) is 0 Å². The molecule has 2 unspecified atom stereocenters. The van der Waals surface area contributed by atoms with E-state index in [1.54, 1.807) is 0 Å². The van der Waals surface area contributed by atoms with Crippen LogP contribution in [0.15, 0.2) is 12.1 Å². The average molecular weight is 310 g/mol. The summed E-state index contributed by atoms with van der Waals surface area (Å²) in [5.41, 5.74) is 2.47. The first-order valence-electron chi connectivity index (χ1n) is 8.06. The van der Waals surface area contributed by atoms with Crippen molar-refractivity contribution in [2.24, 2.45) is 5.92 Å². The second-order valence-electron chi connectivity index (χ2n) is 5.99. The molecule has 21 heavy (non-hydrogen) atoms. The number of nitrogens with one attached hydrogen (secondary N) is 1. The summed E-state index contributed by atoms with van der Waals surface area (Å²) in [7, 11) is 0. The molecule has 1 fully saturated rings. The molecule has 0 saturated carbocycles. The molecule has 2 heterocycles. The van der Waals surface area contributed by atoms with E-state index in [4.69, 9.17) is 21.1 Å².